The molecule has 1 aromatic heterocycles. The van der Waals surface area contributed by atoms with Crippen LogP contribution in [-0.4, -0.2) is 24.6 Å². The van der Waals surface area contributed by atoms with Gasteiger partial charge in [-0.15, -0.1) is 0 Å². The predicted octanol–water partition coefficient (Wildman–Crippen LogP) is 1.44. The van der Waals surface area contributed by atoms with Gasteiger partial charge in [0.05, 0.1) is 12.8 Å². The minimum absolute atomic E-state index is 0.145. The van der Waals surface area contributed by atoms with Crippen LogP contribution in [0.2, 0.25) is 0 Å². The van der Waals surface area contributed by atoms with E-state index >= 15 is 0 Å². The van der Waals surface area contributed by atoms with Crippen LogP contribution in [0.3, 0.4) is 0 Å². The molecule has 1 aliphatic rings. The molecule has 2 heterocycles. The number of carbonyl (C=O) groups excluding carboxylic acids is 2. The lowest BCUT2D eigenvalue weighted by atomic mass is 10.1. The molecule has 2 amide bonds. The average molecular weight is 316 g/mol. The Bertz CT molecular complexity index is 711. The first-order valence-electron chi connectivity index (χ1n) is 7.14. The normalized spacial score (nSPS) is 13.4. The quantitative estimate of drug-likeness (QED) is 0.871. The molecule has 7 heteroatoms. The lowest BCUT2D eigenvalue weighted by molar-refractivity contribution is -0.122. The summed E-state index contributed by atoms with van der Waals surface area (Å²) < 4.78 is 15.6. The van der Waals surface area contributed by atoms with E-state index in [0.29, 0.717) is 22.8 Å². The molecule has 1 aromatic carbocycles. The summed E-state index contributed by atoms with van der Waals surface area (Å²) in [6.07, 6.45) is 1.53. The summed E-state index contributed by atoms with van der Waals surface area (Å²) in [5.74, 6) is 1.12. The van der Waals surface area contributed by atoms with Crippen molar-refractivity contribution in [1.29, 1.82) is 0 Å². The van der Waals surface area contributed by atoms with E-state index < -0.39 is 6.04 Å². The van der Waals surface area contributed by atoms with Crippen molar-refractivity contribution >= 4 is 11.8 Å². The number of carbonyl (C=O) groups is 2. The number of nitrogens with one attached hydrogen (secondary N) is 2. The first-order valence-corrected chi connectivity index (χ1v) is 7.14. The highest BCUT2D eigenvalue weighted by atomic mass is 16.7. The van der Waals surface area contributed by atoms with E-state index in [4.69, 9.17) is 13.9 Å². The van der Waals surface area contributed by atoms with Crippen molar-refractivity contribution in [1.82, 2.24) is 10.6 Å². The number of fused-ring (bicyclic) bond motifs is 1. The average Bonchev–Trinajstić information content (AvgIpc) is 3.22. The highest BCUT2D eigenvalue weighted by molar-refractivity contribution is 5.97. The van der Waals surface area contributed by atoms with Gasteiger partial charge in [-0.25, -0.2) is 0 Å². The number of hydrogen-bond acceptors (Lipinski definition) is 5. The van der Waals surface area contributed by atoms with Crippen molar-refractivity contribution in [3.63, 3.8) is 0 Å². The summed E-state index contributed by atoms with van der Waals surface area (Å²) in [5, 5.41) is 5.33. The molecule has 0 saturated heterocycles. The van der Waals surface area contributed by atoms with Gasteiger partial charge in [0, 0.05) is 5.56 Å². The van der Waals surface area contributed by atoms with E-state index in [1.807, 2.05) is 0 Å². The third kappa shape index (κ3) is 3.45. The van der Waals surface area contributed by atoms with Crippen LogP contribution in [0, 0.1) is 0 Å². The topological polar surface area (TPSA) is 89.8 Å². The summed E-state index contributed by atoms with van der Waals surface area (Å²) >= 11 is 0. The summed E-state index contributed by atoms with van der Waals surface area (Å²) in [7, 11) is 0. The van der Waals surface area contributed by atoms with Crippen LogP contribution in [0.15, 0.2) is 41.0 Å². The second kappa shape index (κ2) is 6.43. The van der Waals surface area contributed by atoms with Gasteiger partial charge in [-0.05, 0) is 37.3 Å². The predicted molar refractivity (Wildman–Crippen MR) is 80.0 cm³/mol. The monoisotopic (exact) mass is 316 g/mol. The van der Waals surface area contributed by atoms with Gasteiger partial charge in [-0.2, -0.15) is 0 Å². The van der Waals surface area contributed by atoms with Gasteiger partial charge in [0.2, 0.25) is 12.7 Å². The molecule has 2 N–H and O–H groups in total. The maximum Gasteiger partial charge on any atom is 0.252 e. The number of hydrogen-bond donors (Lipinski definition) is 2. The van der Waals surface area contributed by atoms with Gasteiger partial charge >= 0.3 is 0 Å². The fourth-order valence-corrected chi connectivity index (χ4v) is 2.12. The van der Waals surface area contributed by atoms with E-state index in [-0.39, 0.29) is 25.2 Å². The van der Waals surface area contributed by atoms with E-state index in [1.165, 1.54) is 6.26 Å². The number of ether oxygens (including phenoxy) is 2. The molecule has 0 unspecified atom stereocenters. The Kier molecular flexibility index (Phi) is 4.18. The Morgan fingerprint density at radius 3 is 2.83 bits per heavy atom. The largest absolute Gasteiger partial charge is 0.467 e. The zero-order valence-corrected chi connectivity index (χ0v) is 12.5. The molecule has 0 radical (unpaired) electrons. The highest BCUT2D eigenvalue weighted by Crippen LogP contribution is 2.32. The number of amides is 2. The highest BCUT2D eigenvalue weighted by Gasteiger charge is 2.19. The lowest BCUT2D eigenvalue weighted by Gasteiger charge is -2.13. The Balaban J connectivity index is 1.55. The van der Waals surface area contributed by atoms with Crippen molar-refractivity contribution < 1.29 is 23.5 Å². The van der Waals surface area contributed by atoms with E-state index in [1.54, 1.807) is 37.3 Å². The SMILES string of the molecule is C[C@H](NC(=O)c1ccc2c(c1)OCO2)C(=O)NCc1ccco1. The van der Waals surface area contributed by atoms with Crippen molar-refractivity contribution in [2.24, 2.45) is 0 Å². The van der Waals surface area contributed by atoms with E-state index in [9.17, 15) is 9.59 Å². The molecule has 7 nitrogen and oxygen atoms in total. The number of benzene rings is 1. The van der Waals surface area contributed by atoms with Crippen molar-refractivity contribution in [3.8, 4) is 11.5 Å². The number of furan rings is 1. The van der Waals surface area contributed by atoms with Crippen LogP contribution >= 0.6 is 0 Å². The third-order valence-electron chi connectivity index (χ3n) is 3.39. The van der Waals surface area contributed by atoms with E-state index in [2.05, 4.69) is 10.6 Å². The Morgan fingerprint density at radius 2 is 2.04 bits per heavy atom. The molecule has 0 bridgehead atoms. The van der Waals surface area contributed by atoms with Crippen LogP contribution in [-0.2, 0) is 11.3 Å². The molecule has 0 saturated carbocycles. The molecule has 3 rings (SSSR count). The first kappa shape index (κ1) is 15.0. The van der Waals surface area contributed by atoms with Gasteiger partial charge in [0.1, 0.15) is 11.8 Å². The van der Waals surface area contributed by atoms with Gasteiger partial charge in [0.25, 0.3) is 5.91 Å². The summed E-state index contributed by atoms with van der Waals surface area (Å²) in [4.78, 5) is 24.2. The number of rotatable bonds is 5. The van der Waals surface area contributed by atoms with Gasteiger partial charge in [-0.3, -0.25) is 9.59 Å². The van der Waals surface area contributed by atoms with Crippen LogP contribution < -0.4 is 20.1 Å². The minimum atomic E-state index is -0.678. The fraction of sp³-hybridized carbons (Fsp3) is 0.250. The Hall–Kier alpha value is -2.96. The molecule has 0 fully saturated rings. The molecule has 0 aliphatic carbocycles. The molecule has 2 aromatic rings. The molecule has 23 heavy (non-hydrogen) atoms. The van der Waals surface area contributed by atoms with Gasteiger partial charge < -0.3 is 24.5 Å². The van der Waals surface area contributed by atoms with E-state index in [0.717, 1.165) is 0 Å². The smallest absolute Gasteiger partial charge is 0.252 e. The van der Waals surface area contributed by atoms with Crippen molar-refractivity contribution in [2.45, 2.75) is 19.5 Å². The molecule has 120 valence electrons. The van der Waals surface area contributed by atoms with Gasteiger partial charge in [-0.1, -0.05) is 0 Å². The van der Waals surface area contributed by atoms with Crippen molar-refractivity contribution in [3.05, 3.63) is 47.9 Å². The standard InChI is InChI=1S/C16H16N2O5/c1-10(15(19)17-8-12-3-2-6-21-12)18-16(20)11-4-5-13-14(7-11)23-9-22-13/h2-7,10H,8-9H2,1H3,(H,17,19)(H,18,20)/t10-/m0/s1. The zero-order chi connectivity index (χ0) is 16.2. The summed E-state index contributed by atoms with van der Waals surface area (Å²) in [5.41, 5.74) is 0.403. The maximum atomic E-state index is 12.2. The summed E-state index contributed by atoms with van der Waals surface area (Å²) in [6.45, 7) is 2.03. The fourth-order valence-electron chi connectivity index (χ4n) is 2.12. The Labute approximate surface area is 132 Å². The molecular weight excluding hydrogens is 300 g/mol. The lowest BCUT2D eigenvalue weighted by Crippen LogP contribution is -2.44. The van der Waals surface area contributed by atoms with Gasteiger partial charge in [0.15, 0.2) is 11.5 Å². The zero-order valence-electron chi connectivity index (χ0n) is 12.5. The second-order valence-corrected chi connectivity index (χ2v) is 5.06. The first-order chi connectivity index (χ1) is 11.1. The molecule has 1 aliphatic heterocycles. The minimum Gasteiger partial charge on any atom is -0.467 e. The van der Waals surface area contributed by atoms with Crippen LogP contribution in [0.25, 0.3) is 0 Å². The summed E-state index contributed by atoms with van der Waals surface area (Å²) in [6, 6.07) is 7.70. The third-order valence-corrected chi connectivity index (χ3v) is 3.39. The van der Waals surface area contributed by atoms with Crippen molar-refractivity contribution in [2.75, 3.05) is 6.79 Å². The Morgan fingerprint density at radius 1 is 1.22 bits per heavy atom. The molecular formula is C16H16N2O5. The maximum absolute atomic E-state index is 12.2. The molecule has 0 spiro atoms. The van der Waals surface area contributed by atoms with Crippen LogP contribution in [0.4, 0.5) is 0 Å². The van der Waals surface area contributed by atoms with Crippen LogP contribution in [0.5, 0.6) is 11.5 Å². The second-order valence-electron chi connectivity index (χ2n) is 5.06. The molecule has 1 atom stereocenters. The van der Waals surface area contributed by atoms with Crippen LogP contribution in [0.1, 0.15) is 23.0 Å².